The van der Waals surface area contributed by atoms with Crippen LogP contribution >= 0.6 is 7.82 Å². The summed E-state index contributed by atoms with van der Waals surface area (Å²) in [6.07, 6.45) is 4.34. The standard InChI is InChI=1S/C11H19O7P/c1-2-11(12)18-16-7-9-3-5-10(6-4-9)8-17-19(13,14)15/h2,9-10H,1,3-8H2,(H2,13,14,15). The maximum absolute atomic E-state index is 10.7. The quantitative estimate of drug-likeness (QED) is 0.318. The van der Waals surface area contributed by atoms with Crippen LogP contribution in [0.25, 0.3) is 0 Å². The van der Waals surface area contributed by atoms with Gasteiger partial charge in [-0.2, -0.15) is 4.89 Å². The van der Waals surface area contributed by atoms with Crippen LogP contribution in [0.15, 0.2) is 12.7 Å². The number of hydrogen-bond acceptors (Lipinski definition) is 5. The molecule has 0 radical (unpaired) electrons. The number of rotatable bonds is 7. The lowest BCUT2D eigenvalue weighted by atomic mass is 9.83. The molecule has 2 N–H and O–H groups in total. The van der Waals surface area contributed by atoms with Crippen molar-refractivity contribution in [1.29, 1.82) is 0 Å². The summed E-state index contributed by atoms with van der Waals surface area (Å²) >= 11 is 0. The van der Waals surface area contributed by atoms with Gasteiger partial charge in [0.15, 0.2) is 0 Å². The Bertz CT molecular complexity index is 343. The molecule has 7 nitrogen and oxygen atoms in total. The zero-order chi connectivity index (χ0) is 14.3. The van der Waals surface area contributed by atoms with Crippen LogP contribution in [0.5, 0.6) is 0 Å². The molecule has 0 aromatic heterocycles. The van der Waals surface area contributed by atoms with E-state index in [1.165, 1.54) is 0 Å². The molecule has 19 heavy (non-hydrogen) atoms. The van der Waals surface area contributed by atoms with Gasteiger partial charge in [0.1, 0.15) is 0 Å². The average molecular weight is 294 g/mol. The summed E-state index contributed by atoms with van der Waals surface area (Å²) in [7, 11) is -4.37. The van der Waals surface area contributed by atoms with E-state index >= 15 is 0 Å². The number of phosphoric acid groups is 1. The summed E-state index contributed by atoms with van der Waals surface area (Å²) in [5, 5.41) is 0. The topological polar surface area (TPSA) is 102 Å². The van der Waals surface area contributed by atoms with Gasteiger partial charge in [-0.3, -0.25) is 9.41 Å². The first-order valence-electron chi connectivity index (χ1n) is 6.06. The lowest BCUT2D eigenvalue weighted by Crippen LogP contribution is -2.22. The second-order valence-electron chi connectivity index (χ2n) is 4.56. The highest BCUT2D eigenvalue weighted by Crippen LogP contribution is 2.38. The maximum Gasteiger partial charge on any atom is 0.469 e. The molecule has 0 heterocycles. The molecule has 1 fully saturated rings. The second-order valence-corrected chi connectivity index (χ2v) is 5.80. The highest BCUT2D eigenvalue weighted by Gasteiger charge is 2.24. The van der Waals surface area contributed by atoms with E-state index in [-0.39, 0.29) is 18.4 Å². The van der Waals surface area contributed by atoms with Gasteiger partial charge in [-0.05, 0) is 37.5 Å². The minimum atomic E-state index is -4.37. The smallest absolute Gasteiger partial charge is 0.303 e. The van der Waals surface area contributed by atoms with E-state index in [1.807, 2.05) is 0 Å². The van der Waals surface area contributed by atoms with Crippen molar-refractivity contribution < 1.29 is 33.4 Å². The molecule has 0 saturated heterocycles. The Morgan fingerprint density at radius 3 is 2.21 bits per heavy atom. The van der Waals surface area contributed by atoms with E-state index in [2.05, 4.69) is 16.0 Å². The average Bonchev–Trinajstić information content (AvgIpc) is 2.36. The fraction of sp³-hybridized carbons (Fsp3) is 0.727. The molecule has 0 atom stereocenters. The Morgan fingerprint density at radius 2 is 1.74 bits per heavy atom. The van der Waals surface area contributed by atoms with Crippen molar-refractivity contribution in [3.63, 3.8) is 0 Å². The van der Waals surface area contributed by atoms with Crippen molar-refractivity contribution in [2.24, 2.45) is 11.8 Å². The van der Waals surface area contributed by atoms with Crippen molar-refractivity contribution in [3.05, 3.63) is 12.7 Å². The van der Waals surface area contributed by atoms with Crippen LogP contribution in [-0.4, -0.2) is 29.0 Å². The summed E-state index contributed by atoms with van der Waals surface area (Å²) in [5.41, 5.74) is 0. The van der Waals surface area contributed by atoms with Crippen LogP contribution in [0.3, 0.4) is 0 Å². The molecule has 0 amide bonds. The monoisotopic (exact) mass is 294 g/mol. The number of carbonyl (C=O) groups is 1. The highest BCUT2D eigenvalue weighted by molar-refractivity contribution is 7.46. The molecule has 0 aliphatic heterocycles. The number of hydrogen-bond donors (Lipinski definition) is 2. The fourth-order valence-electron chi connectivity index (χ4n) is 1.99. The largest absolute Gasteiger partial charge is 0.469 e. The Morgan fingerprint density at radius 1 is 1.21 bits per heavy atom. The van der Waals surface area contributed by atoms with Crippen LogP contribution in [-0.2, 0) is 23.7 Å². The van der Waals surface area contributed by atoms with Gasteiger partial charge in [0, 0.05) is 6.08 Å². The van der Waals surface area contributed by atoms with Gasteiger partial charge in [-0.1, -0.05) is 6.58 Å². The van der Waals surface area contributed by atoms with Crippen molar-refractivity contribution in [1.82, 2.24) is 0 Å². The van der Waals surface area contributed by atoms with Crippen molar-refractivity contribution >= 4 is 13.8 Å². The van der Waals surface area contributed by atoms with Crippen LogP contribution < -0.4 is 0 Å². The molecule has 1 aliphatic rings. The third-order valence-corrected chi connectivity index (χ3v) is 3.54. The first kappa shape index (κ1) is 16.3. The normalized spacial score (nSPS) is 23.9. The van der Waals surface area contributed by atoms with E-state index in [9.17, 15) is 9.36 Å². The van der Waals surface area contributed by atoms with E-state index in [4.69, 9.17) is 14.7 Å². The summed E-state index contributed by atoms with van der Waals surface area (Å²) in [6.45, 7) is 3.64. The van der Waals surface area contributed by atoms with E-state index < -0.39 is 13.8 Å². The molecular weight excluding hydrogens is 275 g/mol. The minimum absolute atomic E-state index is 0.0727. The molecule has 0 spiro atoms. The Balaban J connectivity index is 2.13. The molecule has 1 rings (SSSR count). The first-order chi connectivity index (χ1) is 8.90. The van der Waals surface area contributed by atoms with Gasteiger partial charge in [0.2, 0.25) is 0 Å². The number of phosphoric ester groups is 1. The fourth-order valence-corrected chi connectivity index (χ4v) is 2.39. The van der Waals surface area contributed by atoms with Crippen molar-refractivity contribution in [2.75, 3.05) is 13.2 Å². The molecule has 0 bridgehead atoms. The van der Waals surface area contributed by atoms with Crippen molar-refractivity contribution in [3.8, 4) is 0 Å². The summed E-state index contributed by atoms with van der Waals surface area (Å²) in [5.74, 6) is -0.188. The Kier molecular flexibility index (Phi) is 6.68. The molecule has 0 aromatic rings. The lowest BCUT2D eigenvalue weighted by molar-refractivity contribution is -0.274. The van der Waals surface area contributed by atoms with Crippen LogP contribution in [0, 0.1) is 11.8 Å². The van der Waals surface area contributed by atoms with E-state index in [1.54, 1.807) is 0 Å². The van der Waals surface area contributed by atoms with E-state index in [0.29, 0.717) is 6.61 Å². The summed E-state index contributed by atoms with van der Waals surface area (Å²) in [6, 6.07) is 0. The van der Waals surface area contributed by atoms with Gasteiger partial charge < -0.3 is 9.79 Å². The molecule has 8 heteroatoms. The zero-order valence-corrected chi connectivity index (χ0v) is 11.5. The number of carbonyl (C=O) groups excluding carboxylic acids is 1. The van der Waals surface area contributed by atoms with E-state index in [0.717, 1.165) is 31.8 Å². The predicted octanol–water partition coefficient (Wildman–Crippen LogP) is 1.56. The van der Waals surface area contributed by atoms with Gasteiger partial charge in [-0.25, -0.2) is 9.36 Å². The lowest BCUT2D eigenvalue weighted by Gasteiger charge is -2.27. The van der Waals surface area contributed by atoms with Crippen LogP contribution in [0.4, 0.5) is 0 Å². The summed E-state index contributed by atoms with van der Waals surface area (Å²) < 4.78 is 15.1. The Hall–Kier alpha value is -0.720. The van der Waals surface area contributed by atoms with Crippen LogP contribution in [0.2, 0.25) is 0 Å². The first-order valence-corrected chi connectivity index (χ1v) is 7.59. The molecule has 0 unspecified atom stereocenters. The van der Waals surface area contributed by atoms with Gasteiger partial charge in [0.25, 0.3) is 0 Å². The second kappa shape index (κ2) is 7.77. The molecule has 1 aliphatic carbocycles. The molecular formula is C11H19O7P. The Labute approximate surface area is 111 Å². The van der Waals surface area contributed by atoms with Gasteiger partial charge in [0.05, 0.1) is 13.2 Å². The van der Waals surface area contributed by atoms with Crippen molar-refractivity contribution in [2.45, 2.75) is 25.7 Å². The zero-order valence-electron chi connectivity index (χ0n) is 10.6. The van der Waals surface area contributed by atoms with Gasteiger partial charge in [-0.15, -0.1) is 0 Å². The molecule has 110 valence electrons. The van der Waals surface area contributed by atoms with Gasteiger partial charge >= 0.3 is 13.8 Å². The molecule has 0 aromatic carbocycles. The maximum atomic E-state index is 10.7. The minimum Gasteiger partial charge on any atom is -0.303 e. The van der Waals surface area contributed by atoms with Crippen LogP contribution in [0.1, 0.15) is 25.7 Å². The highest BCUT2D eigenvalue weighted by atomic mass is 31.2. The third-order valence-electron chi connectivity index (χ3n) is 3.06. The SMILES string of the molecule is C=CC(=O)OOCC1CCC(COP(=O)(O)O)CC1. The predicted molar refractivity (Wildman–Crippen MR) is 65.7 cm³/mol. The third kappa shape index (κ3) is 7.44. The summed E-state index contributed by atoms with van der Waals surface area (Å²) in [4.78, 5) is 37.2. The molecule has 1 saturated carbocycles.